The second kappa shape index (κ2) is 8.00. The monoisotopic (exact) mass is 468 g/mol. The lowest BCUT2D eigenvalue weighted by atomic mass is 9.92. The van der Waals surface area contributed by atoms with Gasteiger partial charge in [-0.1, -0.05) is 12.1 Å². The highest BCUT2D eigenvalue weighted by molar-refractivity contribution is 5.93. The van der Waals surface area contributed by atoms with Crippen LogP contribution >= 0.6 is 0 Å². The fourth-order valence-corrected chi connectivity index (χ4v) is 6.50. The Morgan fingerprint density at radius 3 is 2.86 bits per heavy atom. The van der Waals surface area contributed by atoms with Crippen LogP contribution in [-0.4, -0.2) is 51.0 Å². The third-order valence-corrected chi connectivity index (χ3v) is 8.55. The number of rotatable bonds is 4. The van der Waals surface area contributed by atoms with Gasteiger partial charge in [0, 0.05) is 45.9 Å². The highest BCUT2D eigenvalue weighted by atomic mass is 16.5. The van der Waals surface area contributed by atoms with Crippen LogP contribution in [0, 0.1) is 19.8 Å². The van der Waals surface area contributed by atoms with Crippen LogP contribution in [0.2, 0.25) is 0 Å². The molecule has 2 unspecified atom stereocenters. The van der Waals surface area contributed by atoms with E-state index >= 15 is 0 Å². The number of benzene rings is 1. The predicted molar refractivity (Wildman–Crippen MR) is 136 cm³/mol. The van der Waals surface area contributed by atoms with E-state index in [1.54, 1.807) is 0 Å². The summed E-state index contributed by atoms with van der Waals surface area (Å²) >= 11 is 0. The normalized spacial score (nSPS) is 24.6. The minimum Gasteiger partial charge on any atom is -0.381 e. The Balaban J connectivity index is 1.40. The van der Waals surface area contributed by atoms with Crippen molar-refractivity contribution in [2.75, 3.05) is 26.3 Å². The lowest BCUT2D eigenvalue weighted by Crippen LogP contribution is -2.30. The molecule has 4 aromatic rings. The van der Waals surface area contributed by atoms with Gasteiger partial charge >= 0.3 is 0 Å². The Kier molecular flexibility index (Phi) is 4.86. The fourth-order valence-electron chi connectivity index (χ4n) is 6.50. The topological polar surface area (TPSA) is 80.6 Å². The largest absolute Gasteiger partial charge is 0.381 e. The van der Waals surface area contributed by atoms with Crippen LogP contribution in [-0.2, 0) is 10.2 Å². The number of H-pyrrole nitrogens is 1. The summed E-state index contributed by atoms with van der Waals surface area (Å²) in [4.78, 5) is 13.8. The third-order valence-electron chi connectivity index (χ3n) is 8.55. The standard InChI is InChI=1S/C28H32N6O/c1-17-26(18(2)34(33-17)20-6-10-29-11-7-20)24-14-25(28-9-13-35-16-19(28)15-28)32-27(31-24)22-4-3-5-23-21(22)8-12-30-23/h3-5,8,12,14,19-20,29-30H,6-7,9-11,13,15-16H2,1-2H3. The number of aromatic nitrogens is 5. The first kappa shape index (κ1) is 21.3. The van der Waals surface area contributed by atoms with Crippen molar-refractivity contribution in [2.24, 2.45) is 5.92 Å². The molecule has 0 radical (unpaired) electrons. The van der Waals surface area contributed by atoms with Crippen LogP contribution in [0.3, 0.4) is 0 Å². The Bertz CT molecular complexity index is 1410. The lowest BCUT2D eigenvalue weighted by Gasteiger charge is -2.24. The van der Waals surface area contributed by atoms with E-state index in [2.05, 4.69) is 59.2 Å². The van der Waals surface area contributed by atoms with E-state index in [4.69, 9.17) is 19.8 Å². The number of aryl methyl sites for hydroxylation is 1. The molecular formula is C28H32N6O. The van der Waals surface area contributed by atoms with Gasteiger partial charge < -0.3 is 15.0 Å². The van der Waals surface area contributed by atoms with Crippen molar-refractivity contribution in [3.8, 4) is 22.6 Å². The van der Waals surface area contributed by atoms with Crippen LogP contribution in [0.15, 0.2) is 36.5 Å². The van der Waals surface area contributed by atoms with Gasteiger partial charge in [-0.25, -0.2) is 9.97 Å². The minimum absolute atomic E-state index is 0.129. The maximum atomic E-state index is 5.79. The molecule has 5 heterocycles. The Morgan fingerprint density at radius 2 is 2.00 bits per heavy atom. The average Bonchev–Trinajstić information content (AvgIpc) is 3.32. The minimum atomic E-state index is 0.129. The van der Waals surface area contributed by atoms with Gasteiger partial charge in [0.05, 0.1) is 29.7 Å². The van der Waals surface area contributed by atoms with Gasteiger partial charge in [0.15, 0.2) is 5.82 Å². The summed E-state index contributed by atoms with van der Waals surface area (Å²) in [7, 11) is 0. The van der Waals surface area contributed by atoms with Crippen molar-refractivity contribution in [3.05, 3.63) is 53.6 Å². The van der Waals surface area contributed by atoms with Crippen molar-refractivity contribution in [1.82, 2.24) is 30.0 Å². The number of aromatic amines is 1. The van der Waals surface area contributed by atoms with E-state index in [9.17, 15) is 0 Å². The zero-order valence-corrected chi connectivity index (χ0v) is 20.5. The Labute approximate surface area is 205 Å². The molecule has 0 spiro atoms. The number of hydrogen-bond donors (Lipinski definition) is 2. The fraction of sp³-hybridized carbons (Fsp3) is 0.464. The van der Waals surface area contributed by atoms with Crippen LogP contribution < -0.4 is 5.32 Å². The molecule has 1 aromatic carbocycles. The first-order valence-electron chi connectivity index (χ1n) is 12.9. The van der Waals surface area contributed by atoms with Crippen molar-refractivity contribution in [2.45, 2.75) is 51.0 Å². The third kappa shape index (κ3) is 3.36. The van der Waals surface area contributed by atoms with E-state index in [1.807, 2.05) is 6.20 Å². The smallest absolute Gasteiger partial charge is 0.160 e. The predicted octanol–water partition coefficient (Wildman–Crippen LogP) is 4.71. The SMILES string of the molecule is Cc1nn(C2CCNCC2)c(C)c1-c1cc(C23CCOCC2C3)nc(-c2cccc3[nH]ccc23)n1. The molecule has 2 atom stereocenters. The highest BCUT2D eigenvalue weighted by Crippen LogP contribution is 2.58. The second-order valence-corrected chi connectivity index (χ2v) is 10.6. The number of nitrogens with one attached hydrogen (secondary N) is 2. The van der Waals surface area contributed by atoms with Crippen LogP contribution in [0.4, 0.5) is 0 Å². The molecule has 2 N–H and O–H groups in total. The summed E-state index contributed by atoms with van der Waals surface area (Å²) in [6.07, 6.45) is 6.41. The summed E-state index contributed by atoms with van der Waals surface area (Å²) < 4.78 is 8.05. The number of fused-ring (bicyclic) bond motifs is 2. The van der Waals surface area contributed by atoms with Crippen molar-refractivity contribution >= 4 is 10.9 Å². The van der Waals surface area contributed by atoms with E-state index in [-0.39, 0.29) is 5.41 Å². The van der Waals surface area contributed by atoms with Gasteiger partial charge in [-0.05, 0) is 76.7 Å². The maximum Gasteiger partial charge on any atom is 0.160 e. The molecule has 1 aliphatic carbocycles. The van der Waals surface area contributed by atoms with Gasteiger partial charge in [0.25, 0.3) is 0 Å². The molecule has 3 aromatic heterocycles. The molecule has 35 heavy (non-hydrogen) atoms. The van der Waals surface area contributed by atoms with Crippen LogP contribution in [0.25, 0.3) is 33.5 Å². The van der Waals surface area contributed by atoms with Crippen molar-refractivity contribution in [1.29, 1.82) is 0 Å². The Morgan fingerprint density at radius 1 is 1.11 bits per heavy atom. The van der Waals surface area contributed by atoms with Crippen molar-refractivity contribution in [3.63, 3.8) is 0 Å². The summed E-state index contributed by atoms with van der Waals surface area (Å²) in [5, 5.41) is 9.66. The van der Waals surface area contributed by atoms with Gasteiger partial charge in [-0.15, -0.1) is 0 Å². The van der Waals surface area contributed by atoms with Gasteiger partial charge in [-0.3, -0.25) is 4.68 Å². The molecule has 1 saturated carbocycles. The molecule has 3 fully saturated rings. The summed E-state index contributed by atoms with van der Waals surface area (Å²) in [5.41, 5.74) is 7.91. The molecular weight excluding hydrogens is 436 g/mol. The summed E-state index contributed by atoms with van der Waals surface area (Å²) in [6.45, 7) is 8.08. The Hall–Kier alpha value is -3.03. The van der Waals surface area contributed by atoms with E-state index in [0.717, 1.165) is 91.2 Å². The maximum absolute atomic E-state index is 5.79. The van der Waals surface area contributed by atoms with E-state index in [0.29, 0.717) is 12.0 Å². The molecule has 7 rings (SSSR count). The molecule has 2 saturated heterocycles. The first-order chi connectivity index (χ1) is 17.1. The number of piperidine rings is 1. The highest BCUT2D eigenvalue weighted by Gasteiger charge is 2.58. The van der Waals surface area contributed by atoms with E-state index < -0.39 is 0 Å². The molecule has 7 nitrogen and oxygen atoms in total. The lowest BCUT2D eigenvalue weighted by molar-refractivity contribution is 0.0794. The first-order valence-corrected chi connectivity index (χ1v) is 12.9. The summed E-state index contributed by atoms with van der Waals surface area (Å²) in [6, 6.07) is 11.2. The van der Waals surface area contributed by atoms with Crippen molar-refractivity contribution < 1.29 is 4.74 Å². The van der Waals surface area contributed by atoms with Crippen LogP contribution in [0.1, 0.15) is 48.8 Å². The molecule has 0 amide bonds. The second-order valence-electron chi connectivity index (χ2n) is 10.6. The number of nitrogens with zero attached hydrogens (tertiary/aromatic N) is 4. The molecule has 7 heteroatoms. The number of hydrogen-bond acceptors (Lipinski definition) is 5. The van der Waals surface area contributed by atoms with E-state index in [1.165, 1.54) is 11.4 Å². The van der Waals surface area contributed by atoms with Crippen LogP contribution in [0.5, 0.6) is 0 Å². The quantitative estimate of drug-likeness (QED) is 0.454. The zero-order chi connectivity index (χ0) is 23.6. The molecule has 0 bridgehead atoms. The molecule has 3 aliphatic rings. The molecule has 2 aliphatic heterocycles. The van der Waals surface area contributed by atoms with Gasteiger partial charge in [0.1, 0.15) is 0 Å². The van der Waals surface area contributed by atoms with Gasteiger partial charge in [0.2, 0.25) is 0 Å². The molecule has 180 valence electrons. The average molecular weight is 469 g/mol. The summed E-state index contributed by atoms with van der Waals surface area (Å²) in [5.74, 6) is 1.37. The zero-order valence-electron chi connectivity index (χ0n) is 20.5. The van der Waals surface area contributed by atoms with Gasteiger partial charge in [-0.2, -0.15) is 5.10 Å². The number of ether oxygens (including phenoxy) is 1.